The average Bonchev–Trinajstić information content (AvgIpc) is 2.52. The lowest BCUT2D eigenvalue weighted by Crippen LogP contribution is -2.36. The number of carbonyl (C=O) groups is 2. The maximum absolute atomic E-state index is 13.7. The summed E-state index contributed by atoms with van der Waals surface area (Å²) < 4.78 is 26.7. The van der Waals surface area contributed by atoms with Crippen molar-refractivity contribution in [1.29, 1.82) is 0 Å². The van der Waals surface area contributed by atoms with E-state index in [-0.39, 0.29) is 22.8 Å². The van der Waals surface area contributed by atoms with E-state index in [2.05, 4.69) is 10.3 Å². The first-order valence-corrected chi connectivity index (χ1v) is 8.16. The maximum Gasteiger partial charge on any atom is 0.280 e. The number of rotatable bonds is 1. The zero-order valence-electron chi connectivity index (χ0n) is 14.6. The van der Waals surface area contributed by atoms with Gasteiger partial charge in [-0.15, -0.1) is 0 Å². The molecule has 0 bridgehead atoms. The maximum atomic E-state index is 13.7. The van der Waals surface area contributed by atoms with Gasteiger partial charge in [-0.2, -0.15) is 0 Å². The van der Waals surface area contributed by atoms with Gasteiger partial charge in [0.25, 0.3) is 5.91 Å². The van der Waals surface area contributed by atoms with Gasteiger partial charge in [0.1, 0.15) is 11.6 Å². The Kier molecular flexibility index (Phi) is 4.44. The van der Waals surface area contributed by atoms with Crippen LogP contribution in [0, 0.1) is 23.0 Å². The minimum absolute atomic E-state index is 0.107. The summed E-state index contributed by atoms with van der Waals surface area (Å²) in [6.45, 7) is 6.06. The molecule has 1 aliphatic carbocycles. The number of carbonyl (C=O) groups excluding carboxylic acids is 2. The monoisotopic (exact) mass is 356 g/mol. The summed E-state index contributed by atoms with van der Waals surface area (Å²) in [4.78, 5) is 28.0. The highest BCUT2D eigenvalue weighted by Crippen LogP contribution is 2.38. The number of benzene rings is 1. The van der Waals surface area contributed by atoms with E-state index in [0.29, 0.717) is 17.5 Å². The molecule has 0 fully saturated rings. The smallest absolute Gasteiger partial charge is 0.280 e. The fraction of sp³-hybridized carbons (Fsp3) is 0.250. The topological polar surface area (TPSA) is 58.5 Å². The third kappa shape index (κ3) is 3.54. The van der Waals surface area contributed by atoms with Crippen molar-refractivity contribution < 1.29 is 18.4 Å². The molecule has 2 aliphatic rings. The highest BCUT2D eigenvalue weighted by Gasteiger charge is 2.32. The van der Waals surface area contributed by atoms with E-state index < -0.39 is 17.5 Å². The summed E-state index contributed by atoms with van der Waals surface area (Å²) in [5.41, 5.74) is 1.36. The van der Waals surface area contributed by atoms with E-state index >= 15 is 0 Å². The van der Waals surface area contributed by atoms with Crippen LogP contribution in [0.15, 0.2) is 58.8 Å². The Bertz CT molecular complexity index is 918. The molecule has 3 rings (SSSR count). The number of hydrogen-bond donors (Lipinski definition) is 1. The van der Waals surface area contributed by atoms with Crippen LogP contribution in [0.5, 0.6) is 0 Å². The molecule has 0 radical (unpaired) electrons. The second-order valence-corrected chi connectivity index (χ2v) is 7.24. The van der Waals surface area contributed by atoms with E-state index in [1.54, 1.807) is 18.2 Å². The summed E-state index contributed by atoms with van der Waals surface area (Å²) in [5, 5.41) is 2.76. The van der Waals surface area contributed by atoms with Crippen LogP contribution in [-0.4, -0.2) is 17.5 Å². The fourth-order valence-corrected chi connectivity index (χ4v) is 2.98. The predicted molar refractivity (Wildman–Crippen MR) is 94.5 cm³/mol. The minimum Gasteiger partial charge on any atom is -0.325 e. The first-order chi connectivity index (χ1) is 12.1. The van der Waals surface area contributed by atoms with Crippen molar-refractivity contribution in [2.45, 2.75) is 20.8 Å². The van der Waals surface area contributed by atoms with Crippen LogP contribution in [0.2, 0.25) is 0 Å². The lowest BCUT2D eigenvalue weighted by Gasteiger charge is -2.34. The van der Waals surface area contributed by atoms with E-state index in [4.69, 9.17) is 0 Å². The van der Waals surface area contributed by atoms with Crippen LogP contribution >= 0.6 is 0 Å². The molecule has 1 heterocycles. The molecule has 2 amide bonds. The van der Waals surface area contributed by atoms with Gasteiger partial charge < -0.3 is 5.32 Å². The number of aliphatic imine (C=N–C) groups is 1. The van der Waals surface area contributed by atoms with Gasteiger partial charge >= 0.3 is 0 Å². The fourth-order valence-electron chi connectivity index (χ4n) is 2.98. The summed E-state index contributed by atoms with van der Waals surface area (Å²) in [7, 11) is 0. The minimum atomic E-state index is -0.964. The molecule has 6 heteroatoms. The van der Waals surface area contributed by atoms with Crippen LogP contribution in [-0.2, 0) is 4.79 Å². The second-order valence-electron chi connectivity index (χ2n) is 7.24. The van der Waals surface area contributed by atoms with Gasteiger partial charge in [-0.05, 0) is 35.3 Å². The molecular weight excluding hydrogens is 338 g/mol. The van der Waals surface area contributed by atoms with Crippen molar-refractivity contribution >= 4 is 17.5 Å². The molecule has 1 aromatic carbocycles. The Morgan fingerprint density at radius 2 is 1.92 bits per heavy atom. The number of nitrogens with one attached hydrogen (secondary N) is 1. The number of nitrogens with zero attached hydrogens (tertiary/aromatic N) is 1. The Balaban J connectivity index is 1.92. The quantitative estimate of drug-likeness (QED) is 0.834. The molecule has 134 valence electrons. The molecule has 0 aromatic heterocycles. The van der Waals surface area contributed by atoms with Crippen LogP contribution < -0.4 is 5.32 Å². The van der Waals surface area contributed by atoms with E-state index in [0.717, 1.165) is 17.7 Å². The van der Waals surface area contributed by atoms with E-state index in [1.807, 2.05) is 26.8 Å². The molecule has 4 nitrogen and oxygen atoms in total. The molecule has 1 atom stereocenters. The zero-order valence-corrected chi connectivity index (χ0v) is 14.6. The number of allylic oxidation sites excluding steroid dienone is 3. The van der Waals surface area contributed by atoms with Crippen LogP contribution in [0.1, 0.15) is 31.1 Å². The number of fused-ring (bicyclic) bond motifs is 1. The standard InChI is InChI=1S/C20H18F2N2O2/c1-20(2,3)15-10-18(25)24-17-9-12(5-7-13(15)17)23-19(26)14-6-4-11(21)8-16(14)22/h4-10,13H,1-3H3,(H,24,25). The van der Waals surface area contributed by atoms with Gasteiger partial charge in [0, 0.05) is 23.8 Å². The van der Waals surface area contributed by atoms with Gasteiger partial charge in [0.05, 0.1) is 11.3 Å². The normalized spacial score (nSPS) is 21.0. The van der Waals surface area contributed by atoms with Crippen molar-refractivity contribution in [2.24, 2.45) is 16.3 Å². The van der Waals surface area contributed by atoms with Crippen molar-refractivity contribution in [1.82, 2.24) is 5.32 Å². The van der Waals surface area contributed by atoms with Crippen molar-refractivity contribution in [3.05, 3.63) is 71.0 Å². The molecule has 1 unspecified atom stereocenters. The third-order valence-corrected chi connectivity index (χ3v) is 4.25. The molecule has 1 aromatic rings. The first-order valence-electron chi connectivity index (χ1n) is 8.16. The molecule has 0 saturated heterocycles. The number of amides is 2. The van der Waals surface area contributed by atoms with Gasteiger partial charge in [0.2, 0.25) is 5.91 Å². The Hall–Kier alpha value is -2.89. The second kappa shape index (κ2) is 6.44. The van der Waals surface area contributed by atoms with Crippen molar-refractivity contribution in [2.75, 3.05) is 0 Å². The van der Waals surface area contributed by atoms with Gasteiger partial charge in [-0.25, -0.2) is 13.8 Å². The lowest BCUT2D eigenvalue weighted by molar-refractivity contribution is -0.116. The van der Waals surface area contributed by atoms with Crippen LogP contribution in [0.25, 0.3) is 0 Å². The van der Waals surface area contributed by atoms with Gasteiger partial charge in [-0.1, -0.05) is 26.8 Å². The van der Waals surface area contributed by atoms with Crippen LogP contribution in [0.4, 0.5) is 8.78 Å². The summed E-state index contributed by atoms with van der Waals surface area (Å²) in [5.74, 6) is -2.88. The molecule has 1 N–H and O–H groups in total. The van der Waals surface area contributed by atoms with Gasteiger partial charge in [-0.3, -0.25) is 9.59 Å². The molecule has 0 spiro atoms. The Morgan fingerprint density at radius 1 is 1.19 bits per heavy atom. The Labute approximate surface area is 150 Å². The van der Waals surface area contributed by atoms with Crippen molar-refractivity contribution in [3.63, 3.8) is 0 Å². The molecular formula is C20H18F2N2O2. The highest BCUT2D eigenvalue weighted by atomic mass is 19.1. The molecule has 0 saturated carbocycles. The molecule has 26 heavy (non-hydrogen) atoms. The predicted octanol–water partition coefficient (Wildman–Crippen LogP) is 3.72. The van der Waals surface area contributed by atoms with Crippen LogP contribution in [0.3, 0.4) is 0 Å². The van der Waals surface area contributed by atoms with Crippen molar-refractivity contribution in [3.8, 4) is 0 Å². The lowest BCUT2D eigenvalue weighted by atomic mass is 9.74. The average molecular weight is 356 g/mol. The number of hydrogen-bond acceptors (Lipinski definition) is 2. The summed E-state index contributed by atoms with van der Waals surface area (Å²) in [6.07, 6.45) is 6.69. The first kappa shape index (κ1) is 17.9. The van der Waals surface area contributed by atoms with Gasteiger partial charge in [0.15, 0.2) is 0 Å². The zero-order chi connectivity index (χ0) is 19.1. The number of halogens is 2. The van der Waals surface area contributed by atoms with E-state index in [9.17, 15) is 18.4 Å². The molecule has 1 aliphatic heterocycles. The summed E-state index contributed by atoms with van der Waals surface area (Å²) in [6, 6.07) is 2.70. The summed E-state index contributed by atoms with van der Waals surface area (Å²) >= 11 is 0. The SMILES string of the molecule is CC(C)(C)C1=CC(=O)NC2=CC(=NC(=O)c3ccc(F)cc3F)C=CC21. The van der Waals surface area contributed by atoms with E-state index in [1.165, 1.54) is 0 Å². The highest BCUT2D eigenvalue weighted by molar-refractivity contribution is 6.14. The third-order valence-electron chi connectivity index (χ3n) is 4.25. The Morgan fingerprint density at radius 3 is 2.58 bits per heavy atom. The largest absolute Gasteiger partial charge is 0.325 e.